The van der Waals surface area contributed by atoms with Crippen LogP contribution in [0.1, 0.15) is 46.6 Å². The molecule has 9 nitrogen and oxygen atoms in total. The molecule has 9 heteroatoms. The van der Waals surface area contributed by atoms with Gasteiger partial charge in [-0.15, -0.1) is 0 Å². The molecule has 0 atom stereocenters. The van der Waals surface area contributed by atoms with Crippen molar-refractivity contribution in [2.24, 2.45) is 0 Å². The van der Waals surface area contributed by atoms with Crippen molar-refractivity contribution in [1.82, 2.24) is 24.4 Å². The van der Waals surface area contributed by atoms with Gasteiger partial charge in [-0.1, -0.05) is 38.2 Å². The Kier molecular flexibility index (Phi) is 10.1. The molecule has 0 amide bonds. The zero-order valence-corrected chi connectivity index (χ0v) is 23.1. The number of nitriles is 1. The molecule has 3 aromatic heterocycles. The van der Waals surface area contributed by atoms with E-state index in [-0.39, 0.29) is 11.1 Å². The van der Waals surface area contributed by atoms with Gasteiger partial charge >= 0.3 is 0 Å². The second kappa shape index (κ2) is 13.5. The van der Waals surface area contributed by atoms with Gasteiger partial charge in [-0.3, -0.25) is 14.3 Å². The Morgan fingerprint density at radius 3 is 2.53 bits per heavy atom. The minimum absolute atomic E-state index is 0.0648. The van der Waals surface area contributed by atoms with Crippen LogP contribution in [0.3, 0.4) is 0 Å². The molecule has 1 fully saturated rings. The smallest absolute Gasteiger partial charge is 0.270 e. The van der Waals surface area contributed by atoms with Gasteiger partial charge in [0.15, 0.2) is 0 Å². The molecule has 0 unspecified atom stereocenters. The van der Waals surface area contributed by atoms with E-state index < -0.39 is 0 Å². The number of fused-ring (bicyclic) bond motifs is 1. The lowest BCUT2D eigenvalue weighted by Crippen LogP contribution is -2.48. The van der Waals surface area contributed by atoms with E-state index in [4.69, 9.17) is 0 Å². The molecule has 0 aromatic carbocycles. The minimum atomic E-state index is -0.372. The third-order valence-corrected chi connectivity index (χ3v) is 6.40. The highest BCUT2D eigenvalue weighted by molar-refractivity contribution is 5.77. The van der Waals surface area contributed by atoms with E-state index in [0.29, 0.717) is 41.8 Å². The number of aromatic nitrogens is 4. The minimum Gasteiger partial charge on any atom is -0.368 e. The number of nitrogens with zero attached hydrogens (tertiary/aromatic N) is 7. The van der Waals surface area contributed by atoms with Gasteiger partial charge in [0.2, 0.25) is 5.95 Å². The number of aryl methyl sites for hydroxylation is 1. The quantitative estimate of drug-likeness (QED) is 0.424. The summed E-state index contributed by atoms with van der Waals surface area (Å²) in [4.78, 5) is 31.2. The molecule has 1 N–H and O–H groups in total. The van der Waals surface area contributed by atoms with E-state index >= 15 is 0 Å². The zero-order valence-electron chi connectivity index (χ0n) is 23.1. The van der Waals surface area contributed by atoms with Gasteiger partial charge in [0.25, 0.3) is 5.56 Å². The van der Waals surface area contributed by atoms with Gasteiger partial charge in [-0.05, 0) is 45.4 Å². The highest BCUT2D eigenvalue weighted by atomic mass is 16.1. The van der Waals surface area contributed by atoms with E-state index in [9.17, 15) is 10.1 Å². The topological polar surface area (TPSA) is 103 Å². The lowest BCUT2D eigenvalue weighted by Gasteiger charge is -2.38. The Labute approximate surface area is 225 Å². The summed E-state index contributed by atoms with van der Waals surface area (Å²) in [5.74, 6) is 0.946. The molecule has 1 aliphatic heterocycles. The highest BCUT2D eigenvalue weighted by Gasteiger charge is 2.19. The molecule has 0 radical (unpaired) electrons. The van der Waals surface area contributed by atoms with Crippen LogP contribution in [0, 0.1) is 11.3 Å². The van der Waals surface area contributed by atoms with Crippen molar-refractivity contribution in [2.75, 3.05) is 36.4 Å². The molecule has 1 saturated heterocycles. The monoisotopic (exact) mass is 514 g/mol. The molecule has 1 aliphatic rings. The molecule has 4 rings (SSSR count). The first-order chi connectivity index (χ1) is 18.4. The van der Waals surface area contributed by atoms with Crippen molar-refractivity contribution in [2.45, 2.75) is 53.6 Å². The van der Waals surface area contributed by atoms with Crippen LogP contribution in [0.15, 0.2) is 59.7 Å². The number of hydrogen-bond donors (Lipinski definition) is 1. The van der Waals surface area contributed by atoms with Crippen molar-refractivity contribution in [3.8, 4) is 6.07 Å². The van der Waals surface area contributed by atoms with Gasteiger partial charge in [0.05, 0.1) is 11.9 Å². The summed E-state index contributed by atoms with van der Waals surface area (Å²) in [5, 5.41) is 13.2. The van der Waals surface area contributed by atoms with E-state index in [0.717, 1.165) is 37.4 Å². The number of nitrogens with one attached hydrogen (secondary N) is 1. The molecule has 3 aromatic rings. The third kappa shape index (κ3) is 6.84. The fourth-order valence-corrected chi connectivity index (χ4v) is 4.34. The number of anilines is 3. The number of piperazine rings is 1. The first kappa shape index (κ1) is 28.5. The lowest BCUT2D eigenvalue weighted by atomic mass is 10.2. The third-order valence-electron chi connectivity index (χ3n) is 6.40. The molecule has 200 valence electrons. The number of allylic oxidation sites excluding steroid dienone is 3. The fourth-order valence-electron chi connectivity index (χ4n) is 4.34. The maximum atomic E-state index is 12.9. The van der Waals surface area contributed by atoms with Gasteiger partial charge in [-0.25, -0.2) is 9.97 Å². The standard InChI is InChI=1S/C27H32N8O.C2H6/c1-5-6-20(4)9-10-35-25-22(15-21(16-28)26(35)36)17-30-27(32-25)31-24-8-7-23(18-29-24)34-13-11-33(12-14-34)19(2)3;1-2/h5-8,15,17-19H,4,9-14H2,1-3H3,(H,29,30,31,32);1-2H3. The van der Waals surface area contributed by atoms with Crippen LogP contribution in [0.25, 0.3) is 11.0 Å². The molecular formula is C29H38N8O. The van der Waals surface area contributed by atoms with E-state index in [1.807, 2.05) is 57.3 Å². The maximum absolute atomic E-state index is 12.9. The van der Waals surface area contributed by atoms with Crippen molar-refractivity contribution in [3.05, 3.63) is 70.8 Å². The number of rotatable bonds is 8. The first-order valence-electron chi connectivity index (χ1n) is 13.2. The second-order valence-electron chi connectivity index (χ2n) is 9.15. The van der Waals surface area contributed by atoms with Crippen molar-refractivity contribution < 1.29 is 0 Å². The molecule has 38 heavy (non-hydrogen) atoms. The summed E-state index contributed by atoms with van der Waals surface area (Å²) in [7, 11) is 0. The van der Waals surface area contributed by atoms with Crippen LogP contribution in [-0.2, 0) is 6.54 Å². The van der Waals surface area contributed by atoms with Gasteiger partial charge < -0.3 is 10.2 Å². The van der Waals surface area contributed by atoms with Crippen LogP contribution >= 0.6 is 0 Å². The van der Waals surface area contributed by atoms with Gasteiger partial charge in [-0.2, -0.15) is 10.2 Å². The Hall–Kier alpha value is -4.03. The van der Waals surface area contributed by atoms with Gasteiger partial charge in [0, 0.05) is 50.3 Å². The van der Waals surface area contributed by atoms with Crippen LogP contribution in [0.2, 0.25) is 0 Å². The molecule has 0 spiro atoms. The van der Waals surface area contributed by atoms with E-state index in [1.54, 1.807) is 6.20 Å². The summed E-state index contributed by atoms with van der Waals surface area (Å²) < 4.78 is 1.52. The predicted molar refractivity (Wildman–Crippen MR) is 155 cm³/mol. The van der Waals surface area contributed by atoms with E-state index in [2.05, 4.69) is 50.5 Å². The van der Waals surface area contributed by atoms with Crippen LogP contribution in [0.4, 0.5) is 17.5 Å². The zero-order chi connectivity index (χ0) is 27.7. The average molecular weight is 515 g/mol. The van der Waals surface area contributed by atoms with Crippen LogP contribution in [-0.4, -0.2) is 56.6 Å². The largest absolute Gasteiger partial charge is 0.368 e. The first-order valence-corrected chi connectivity index (χ1v) is 13.2. The highest BCUT2D eigenvalue weighted by Crippen LogP contribution is 2.20. The lowest BCUT2D eigenvalue weighted by molar-refractivity contribution is 0.209. The molecule has 0 saturated carbocycles. The normalized spacial score (nSPS) is 13.9. The van der Waals surface area contributed by atoms with E-state index in [1.165, 1.54) is 10.6 Å². The fraction of sp³-hybridized carbons (Fsp3) is 0.414. The average Bonchev–Trinajstić information content (AvgIpc) is 2.94. The maximum Gasteiger partial charge on any atom is 0.270 e. The summed E-state index contributed by atoms with van der Waals surface area (Å²) in [6, 6.07) is 8.03. The Bertz CT molecular complexity index is 1360. The molecule has 4 heterocycles. The summed E-state index contributed by atoms with van der Waals surface area (Å²) >= 11 is 0. The van der Waals surface area contributed by atoms with Crippen molar-refractivity contribution in [1.29, 1.82) is 5.26 Å². The SMILES string of the molecule is C=C(C=CC)CCn1c(=O)c(C#N)cc2cnc(Nc3ccc(N4CCN(C(C)C)CC4)cn3)nc21.CC. The Morgan fingerprint density at radius 2 is 1.92 bits per heavy atom. The summed E-state index contributed by atoms with van der Waals surface area (Å²) in [6.45, 7) is 18.8. The molecule has 0 bridgehead atoms. The Balaban J connectivity index is 0.00000195. The second-order valence-corrected chi connectivity index (χ2v) is 9.15. The summed E-state index contributed by atoms with van der Waals surface area (Å²) in [6.07, 6.45) is 7.85. The predicted octanol–water partition coefficient (Wildman–Crippen LogP) is 4.88. The van der Waals surface area contributed by atoms with Crippen LogP contribution < -0.4 is 15.8 Å². The number of hydrogen-bond acceptors (Lipinski definition) is 8. The van der Waals surface area contributed by atoms with Crippen molar-refractivity contribution >= 4 is 28.5 Å². The Morgan fingerprint density at radius 1 is 1.18 bits per heavy atom. The summed E-state index contributed by atoms with van der Waals surface area (Å²) in [5.41, 5.74) is 2.13. The van der Waals surface area contributed by atoms with Crippen molar-refractivity contribution in [3.63, 3.8) is 0 Å². The van der Waals surface area contributed by atoms with Gasteiger partial charge in [0.1, 0.15) is 23.1 Å². The number of pyridine rings is 2. The van der Waals surface area contributed by atoms with Crippen LogP contribution in [0.5, 0.6) is 0 Å². The molecular weight excluding hydrogens is 476 g/mol. The molecule has 0 aliphatic carbocycles.